The van der Waals surface area contributed by atoms with E-state index in [1.165, 1.54) is 6.07 Å². The fraction of sp³-hybridized carbons (Fsp3) is 0.391. The van der Waals surface area contributed by atoms with Crippen molar-refractivity contribution in [1.29, 1.82) is 0 Å². The lowest BCUT2D eigenvalue weighted by atomic mass is 9.92. The van der Waals surface area contributed by atoms with E-state index >= 15 is 0 Å². The minimum Gasteiger partial charge on any atom is -0.481 e. The van der Waals surface area contributed by atoms with E-state index in [-0.39, 0.29) is 36.1 Å². The van der Waals surface area contributed by atoms with Gasteiger partial charge in [-0.1, -0.05) is 39.0 Å². The van der Waals surface area contributed by atoms with Crippen molar-refractivity contribution in [3.63, 3.8) is 0 Å². The van der Waals surface area contributed by atoms with Crippen LogP contribution in [0.5, 0.6) is 5.75 Å². The van der Waals surface area contributed by atoms with Crippen molar-refractivity contribution >= 4 is 17.5 Å². The van der Waals surface area contributed by atoms with Crippen LogP contribution in [-0.2, 0) is 22.7 Å². The van der Waals surface area contributed by atoms with Crippen LogP contribution in [0.4, 0.5) is 10.1 Å². The summed E-state index contributed by atoms with van der Waals surface area (Å²) < 4.78 is 19.9. The minimum atomic E-state index is -0.677. The number of nitrogens with zero attached hydrogens (tertiary/aromatic N) is 1. The van der Waals surface area contributed by atoms with E-state index < -0.39 is 6.10 Å². The maximum atomic E-state index is 14.1. The zero-order valence-corrected chi connectivity index (χ0v) is 17.3. The molecule has 3 rings (SSSR count). The van der Waals surface area contributed by atoms with E-state index in [0.717, 1.165) is 5.56 Å². The Kier molecular flexibility index (Phi) is 5.91. The summed E-state index contributed by atoms with van der Waals surface area (Å²) in [5, 5.41) is 2.91. The maximum absolute atomic E-state index is 14.1. The molecule has 0 unspecified atom stereocenters. The van der Waals surface area contributed by atoms with Crippen LogP contribution >= 0.6 is 0 Å². The molecule has 1 aliphatic heterocycles. The predicted molar refractivity (Wildman–Crippen MR) is 110 cm³/mol. The highest BCUT2D eigenvalue weighted by Crippen LogP contribution is 2.30. The molecule has 0 bridgehead atoms. The Balaban J connectivity index is 1.83. The molecule has 2 aromatic rings. The Morgan fingerprint density at radius 2 is 1.97 bits per heavy atom. The van der Waals surface area contributed by atoms with E-state index in [2.05, 4.69) is 5.32 Å². The fourth-order valence-electron chi connectivity index (χ4n) is 3.33. The summed E-state index contributed by atoms with van der Waals surface area (Å²) >= 11 is 0. The molecular formula is C23H27FN2O3. The lowest BCUT2D eigenvalue weighted by molar-refractivity contribution is -0.138. The molecule has 2 aromatic carbocycles. The van der Waals surface area contributed by atoms with Gasteiger partial charge in [-0.3, -0.25) is 9.59 Å². The van der Waals surface area contributed by atoms with Gasteiger partial charge in [-0.25, -0.2) is 4.39 Å². The second-order valence-corrected chi connectivity index (χ2v) is 8.65. The maximum Gasteiger partial charge on any atom is 0.263 e. The largest absolute Gasteiger partial charge is 0.481 e. The average molecular weight is 398 g/mol. The zero-order valence-electron chi connectivity index (χ0n) is 17.3. The lowest BCUT2D eigenvalue weighted by Gasteiger charge is -2.22. The molecule has 0 spiro atoms. The standard InChI is InChI=1S/C23H27FN2O3/c1-15-22(28)26(13-16-7-5-6-8-19(16)24)14-17-11-18(9-10-20(17)29-15)25-21(27)12-23(2,3)4/h5-11,15H,12-14H2,1-4H3,(H,25,27)/t15-/m0/s1. The number of fused-ring (bicyclic) bond motifs is 1. The predicted octanol–water partition coefficient (Wildman–Crippen LogP) is 4.51. The van der Waals surface area contributed by atoms with Gasteiger partial charge in [0.2, 0.25) is 5.91 Å². The van der Waals surface area contributed by atoms with E-state index in [1.807, 2.05) is 26.8 Å². The number of amides is 2. The van der Waals surface area contributed by atoms with Crippen LogP contribution in [0.15, 0.2) is 42.5 Å². The molecular weight excluding hydrogens is 371 g/mol. The molecule has 1 heterocycles. The van der Waals surface area contributed by atoms with Crippen LogP contribution in [0.1, 0.15) is 45.2 Å². The van der Waals surface area contributed by atoms with E-state index in [1.54, 1.807) is 42.2 Å². The summed E-state index contributed by atoms with van der Waals surface area (Å²) in [6.45, 7) is 8.13. The first kappa shape index (κ1) is 20.8. The van der Waals surface area contributed by atoms with Crippen molar-refractivity contribution in [3.8, 4) is 5.75 Å². The highest BCUT2D eigenvalue weighted by molar-refractivity contribution is 5.91. The smallest absolute Gasteiger partial charge is 0.263 e. The summed E-state index contributed by atoms with van der Waals surface area (Å²) in [7, 11) is 0. The second-order valence-electron chi connectivity index (χ2n) is 8.65. The molecule has 0 radical (unpaired) electrons. The highest BCUT2D eigenvalue weighted by Gasteiger charge is 2.28. The number of hydrogen-bond acceptors (Lipinski definition) is 3. The summed E-state index contributed by atoms with van der Waals surface area (Å²) in [6, 6.07) is 11.8. The summed E-state index contributed by atoms with van der Waals surface area (Å²) in [5.41, 5.74) is 1.75. The Labute approximate surface area is 170 Å². The Bertz CT molecular complexity index is 921. The molecule has 0 aliphatic carbocycles. The Morgan fingerprint density at radius 3 is 2.66 bits per heavy atom. The van der Waals surface area contributed by atoms with Gasteiger partial charge in [0.25, 0.3) is 5.91 Å². The van der Waals surface area contributed by atoms with Crippen molar-refractivity contribution in [2.24, 2.45) is 5.41 Å². The molecule has 0 fully saturated rings. The number of carbonyl (C=O) groups is 2. The van der Waals surface area contributed by atoms with Crippen molar-refractivity contribution in [2.75, 3.05) is 5.32 Å². The van der Waals surface area contributed by atoms with Gasteiger partial charge in [-0.15, -0.1) is 0 Å². The first-order valence-corrected chi connectivity index (χ1v) is 9.74. The third-order valence-electron chi connectivity index (χ3n) is 4.68. The third-order valence-corrected chi connectivity index (χ3v) is 4.68. The first-order chi connectivity index (χ1) is 13.6. The molecule has 0 aromatic heterocycles. The summed E-state index contributed by atoms with van der Waals surface area (Å²) in [6.07, 6.45) is -0.278. The number of ether oxygens (including phenoxy) is 1. The molecule has 2 amide bonds. The van der Waals surface area contributed by atoms with Crippen LogP contribution in [0.25, 0.3) is 0 Å². The molecule has 1 aliphatic rings. The van der Waals surface area contributed by atoms with Gasteiger partial charge in [0, 0.05) is 36.3 Å². The van der Waals surface area contributed by atoms with E-state index in [4.69, 9.17) is 4.74 Å². The molecule has 154 valence electrons. The first-order valence-electron chi connectivity index (χ1n) is 9.74. The third kappa shape index (κ3) is 5.34. The summed E-state index contributed by atoms with van der Waals surface area (Å²) in [4.78, 5) is 26.6. The van der Waals surface area contributed by atoms with Gasteiger partial charge in [0.05, 0.1) is 0 Å². The molecule has 0 saturated heterocycles. The van der Waals surface area contributed by atoms with Gasteiger partial charge in [0.15, 0.2) is 6.10 Å². The molecule has 1 N–H and O–H groups in total. The van der Waals surface area contributed by atoms with Crippen molar-refractivity contribution in [3.05, 3.63) is 59.4 Å². The quantitative estimate of drug-likeness (QED) is 0.824. The Hall–Kier alpha value is -2.89. The molecule has 0 saturated carbocycles. The number of anilines is 1. The van der Waals surface area contributed by atoms with Gasteiger partial charge in [-0.2, -0.15) is 0 Å². The van der Waals surface area contributed by atoms with Gasteiger partial charge in [-0.05, 0) is 36.6 Å². The summed E-state index contributed by atoms with van der Waals surface area (Å²) in [5.74, 6) is -0.0281. The number of halogens is 1. The van der Waals surface area contributed by atoms with Gasteiger partial charge >= 0.3 is 0 Å². The van der Waals surface area contributed by atoms with Crippen LogP contribution < -0.4 is 10.1 Å². The minimum absolute atomic E-state index is 0.0698. The zero-order chi connectivity index (χ0) is 21.2. The number of benzene rings is 2. The lowest BCUT2D eigenvalue weighted by Crippen LogP contribution is -2.37. The van der Waals surface area contributed by atoms with Crippen LogP contribution in [0.2, 0.25) is 0 Å². The van der Waals surface area contributed by atoms with Gasteiger partial charge < -0.3 is 15.0 Å². The van der Waals surface area contributed by atoms with Crippen LogP contribution in [0, 0.1) is 11.2 Å². The van der Waals surface area contributed by atoms with Crippen LogP contribution in [0.3, 0.4) is 0 Å². The molecule has 6 heteroatoms. The van der Waals surface area contributed by atoms with Crippen molar-refractivity contribution in [2.45, 2.75) is 53.3 Å². The monoisotopic (exact) mass is 398 g/mol. The second kappa shape index (κ2) is 8.23. The average Bonchev–Trinajstić information content (AvgIpc) is 2.73. The van der Waals surface area contributed by atoms with E-state index in [0.29, 0.717) is 23.4 Å². The number of nitrogens with one attached hydrogen (secondary N) is 1. The molecule has 29 heavy (non-hydrogen) atoms. The molecule has 1 atom stereocenters. The topological polar surface area (TPSA) is 58.6 Å². The van der Waals surface area contributed by atoms with Gasteiger partial charge in [0.1, 0.15) is 11.6 Å². The normalized spacial score (nSPS) is 16.7. The number of carbonyl (C=O) groups excluding carboxylic acids is 2. The Morgan fingerprint density at radius 1 is 1.24 bits per heavy atom. The van der Waals surface area contributed by atoms with E-state index in [9.17, 15) is 14.0 Å². The number of hydrogen-bond donors (Lipinski definition) is 1. The van der Waals surface area contributed by atoms with Crippen LogP contribution in [-0.4, -0.2) is 22.8 Å². The molecule has 5 nitrogen and oxygen atoms in total. The SMILES string of the molecule is C[C@@H]1Oc2ccc(NC(=O)CC(C)(C)C)cc2CN(Cc2ccccc2F)C1=O. The highest BCUT2D eigenvalue weighted by atomic mass is 19.1. The number of rotatable bonds is 4. The van der Waals surface area contributed by atoms with Crippen molar-refractivity contribution < 1.29 is 18.7 Å². The van der Waals surface area contributed by atoms with Crippen molar-refractivity contribution in [1.82, 2.24) is 4.90 Å². The fourth-order valence-corrected chi connectivity index (χ4v) is 3.33.